The molecule has 1 aliphatic heterocycles. The molecule has 1 aromatic rings. The maximum absolute atomic E-state index is 12.6. The zero-order chi connectivity index (χ0) is 14.2. The van der Waals surface area contributed by atoms with E-state index >= 15 is 0 Å². The van der Waals surface area contributed by atoms with Gasteiger partial charge in [-0.15, -0.1) is 0 Å². The Kier molecular flexibility index (Phi) is 4.02. The Morgan fingerprint density at radius 1 is 1.26 bits per heavy atom. The number of hydrogen-bond acceptors (Lipinski definition) is 2. The molecule has 1 saturated heterocycles. The topological polar surface area (TPSA) is 23.6 Å². The number of benzene rings is 1. The van der Waals surface area contributed by atoms with Gasteiger partial charge in [-0.05, 0) is 51.6 Å². The van der Waals surface area contributed by atoms with Crippen molar-refractivity contribution < 1.29 is 4.79 Å². The Hall–Kier alpha value is -0.870. The van der Waals surface area contributed by atoms with Gasteiger partial charge in [-0.25, -0.2) is 0 Å². The first kappa shape index (κ1) is 14.5. The van der Waals surface area contributed by atoms with Crippen LogP contribution in [0.5, 0.6) is 0 Å². The van der Waals surface area contributed by atoms with Gasteiger partial charge in [-0.3, -0.25) is 9.69 Å². The first-order chi connectivity index (χ1) is 8.79. The van der Waals surface area contributed by atoms with Crippen molar-refractivity contribution in [1.82, 2.24) is 9.80 Å². The van der Waals surface area contributed by atoms with Crippen LogP contribution in [-0.4, -0.2) is 47.9 Å². The molecule has 104 valence electrons. The van der Waals surface area contributed by atoms with Crippen LogP contribution in [0.3, 0.4) is 0 Å². The van der Waals surface area contributed by atoms with Crippen molar-refractivity contribution in [3.05, 3.63) is 33.8 Å². The Balaban J connectivity index is 2.20. The molecule has 0 radical (unpaired) electrons. The number of likely N-dealkylation sites (N-methyl/N-ethyl adjacent to an activating group) is 1. The first-order valence-corrected chi connectivity index (χ1v) is 7.36. The Labute approximate surface area is 123 Å². The highest BCUT2D eigenvalue weighted by Crippen LogP contribution is 2.22. The molecular weight excluding hydrogens is 304 g/mol. The van der Waals surface area contributed by atoms with E-state index < -0.39 is 0 Å². The molecule has 1 fully saturated rings. The summed E-state index contributed by atoms with van der Waals surface area (Å²) in [7, 11) is 2.12. The highest BCUT2D eigenvalue weighted by atomic mass is 79.9. The van der Waals surface area contributed by atoms with E-state index in [0.717, 1.165) is 35.2 Å². The summed E-state index contributed by atoms with van der Waals surface area (Å²) in [5.74, 6) is 0.130. The number of hydrogen-bond donors (Lipinski definition) is 0. The van der Waals surface area contributed by atoms with Crippen molar-refractivity contribution in [1.29, 1.82) is 0 Å². The van der Waals surface area contributed by atoms with Crippen LogP contribution in [-0.2, 0) is 0 Å². The Morgan fingerprint density at radius 2 is 1.95 bits per heavy atom. The number of carbonyl (C=O) groups excluding carboxylic acids is 1. The molecule has 0 saturated carbocycles. The molecule has 19 heavy (non-hydrogen) atoms. The van der Waals surface area contributed by atoms with E-state index in [1.54, 1.807) is 0 Å². The number of piperazine rings is 1. The van der Waals surface area contributed by atoms with Crippen molar-refractivity contribution in [2.24, 2.45) is 0 Å². The lowest BCUT2D eigenvalue weighted by Crippen LogP contribution is -2.58. The summed E-state index contributed by atoms with van der Waals surface area (Å²) >= 11 is 3.46. The zero-order valence-electron chi connectivity index (χ0n) is 12.0. The van der Waals surface area contributed by atoms with E-state index in [4.69, 9.17) is 0 Å². The SMILES string of the molecule is Cc1cc(Br)cc(C(=O)N2CCN(C)C(C)(C)C2)c1. The number of carbonyl (C=O) groups is 1. The molecule has 4 heteroatoms. The van der Waals surface area contributed by atoms with Crippen LogP contribution in [0.25, 0.3) is 0 Å². The zero-order valence-corrected chi connectivity index (χ0v) is 13.6. The predicted molar refractivity (Wildman–Crippen MR) is 81.5 cm³/mol. The van der Waals surface area contributed by atoms with Crippen LogP contribution in [0.2, 0.25) is 0 Å². The third kappa shape index (κ3) is 3.18. The summed E-state index contributed by atoms with van der Waals surface area (Å²) in [6.07, 6.45) is 0. The van der Waals surface area contributed by atoms with Crippen LogP contribution in [0, 0.1) is 6.92 Å². The molecule has 1 aromatic carbocycles. The third-order valence-corrected chi connectivity index (χ3v) is 4.35. The number of amides is 1. The molecule has 0 spiro atoms. The highest BCUT2D eigenvalue weighted by Gasteiger charge is 2.33. The van der Waals surface area contributed by atoms with Crippen molar-refractivity contribution in [2.45, 2.75) is 26.3 Å². The van der Waals surface area contributed by atoms with Crippen LogP contribution in [0.15, 0.2) is 22.7 Å². The van der Waals surface area contributed by atoms with Crippen molar-refractivity contribution in [2.75, 3.05) is 26.7 Å². The van der Waals surface area contributed by atoms with Crippen LogP contribution >= 0.6 is 15.9 Å². The van der Waals surface area contributed by atoms with E-state index in [1.165, 1.54) is 0 Å². The van der Waals surface area contributed by atoms with E-state index in [9.17, 15) is 4.79 Å². The van der Waals surface area contributed by atoms with Gasteiger partial charge in [0, 0.05) is 35.2 Å². The van der Waals surface area contributed by atoms with E-state index in [-0.39, 0.29) is 11.4 Å². The van der Waals surface area contributed by atoms with Crippen LogP contribution in [0.1, 0.15) is 29.8 Å². The van der Waals surface area contributed by atoms with E-state index in [1.807, 2.05) is 30.0 Å². The minimum absolute atomic E-state index is 0.0367. The fourth-order valence-electron chi connectivity index (χ4n) is 2.46. The second-order valence-corrected chi connectivity index (χ2v) is 6.89. The van der Waals surface area contributed by atoms with E-state index in [0.29, 0.717) is 0 Å². The maximum Gasteiger partial charge on any atom is 0.254 e. The summed E-state index contributed by atoms with van der Waals surface area (Å²) in [5, 5.41) is 0. The van der Waals surface area contributed by atoms with Gasteiger partial charge in [-0.1, -0.05) is 15.9 Å². The van der Waals surface area contributed by atoms with Gasteiger partial charge < -0.3 is 4.90 Å². The molecule has 1 amide bonds. The molecule has 0 bridgehead atoms. The van der Waals surface area contributed by atoms with Gasteiger partial charge in [0.1, 0.15) is 0 Å². The Morgan fingerprint density at radius 3 is 2.53 bits per heavy atom. The summed E-state index contributed by atoms with van der Waals surface area (Å²) < 4.78 is 0.962. The molecule has 2 rings (SSSR count). The molecule has 0 N–H and O–H groups in total. The fraction of sp³-hybridized carbons (Fsp3) is 0.533. The van der Waals surface area contributed by atoms with Crippen molar-refractivity contribution in [3.63, 3.8) is 0 Å². The van der Waals surface area contributed by atoms with E-state index in [2.05, 4.69) is 41.7 Å². The molecule has 1 heterocycles. The number of aryl methyl sites for hydroxylation is 1. The smallest absolute Gasteiger partial charge is 0.254 e. The summed E-state index contributed by atoms with van der Waals surface area (Å²) in [6, 6.07) is 5.88. The first-order valence-electron chi connectivity index (χ1n) is 6.57. The van der Waals surface area contributed by atoms with Crippen LogP contribution < -0.4 is 0 Å². The third-order valence-electron chi connectivity index (χ3n) is 3.89. The molecule has 1 aliphatic rings. The monoisotopic (exact) mass is 324 g/mol. The largest absolute Gasteiger partial charge is 0.336 e. The van der Waals surface area contributed by atoms with Gasteiger partial charge in [0.25, 0.3) is 5.91 Å². The Bertz CT molecular complexity index is 479. The summed E-state index contributed by atoms with van der Waals surface area (Å²) in [5.41, 5.74) is 1.91. The minimum atomic E-state index is 0.0367. The normalized spacial score (nSPS) is 19.5. The fourth-order valence-corrected chi connectivity index (χ4v) is 3.06. The van der Waals surface area contributed by atoms with Gasteiger partial charge in [0.2, 0.25) is 0 Å². The quantitative estimate of drug-likeness (QED) is 0.793. The molecule has 0 aromatic heterocycles. The van der Waals surface area contributed by atoms with Crippen molar-refractivity contribution in [3.8, 4) is 0 Å². The number of nitrogens with zero attached hydrogens (tertiary/aromatic N) is 2. The molecule has 0 aliphatic carbocycles. The number of rotatable bonds is 1. The van der Waals surface area contributed by atoms with Gasteiger partial charge in [0.15, 0.2) is 0 Å². The van der Waals surface area contributed by atoms with Gasteiger partial charge in [0.05, 0.1) is 0 Å². The summed E-state index contributed by atoms with van der Waals surface area (Å²) in [6.45, 7) is 8.86. The predicted octanol–water partition coefficient (Wildman–Crippen LogP) is 2.92. The molecule has 3 nitrogen and oxygen atoms in total. The lowest BCUT2D eigenvalue weighted by atomic mass is 9.99. The second-order valence-electron chi connectivity index (χ2n) is 5.98. The van der Waals surface area contributed by atoms with Crippen molar-refractivity contribution >= 4 is 21.8 Å². The van der Waals surface area contributed by atoms with Crippen LogP contribution in [0.4, 0.5) is 0 Å². The average Bonchev–Trinajstić information content (AvgIpc) is 2.30. The maximum atomic E-state index is 12.6. The van der Waals surface area contributed by atoms with Gasteiger partial charge in [-0.2, -0.15) is 0 Å². The summed E-state index contributed by atoms with van der Waals surface area (Å²) in [4.78, 5) is 16.9. The lowest BCUT2D eigenvalue weighted by molar-refractivity contribution is 0.0311. The van der Waals surface area contributed by atoms with Gasteiger partial charge >= 0.3 is 0 Å². The molecule has 0 unspecified atom stereocenters. The highest BCUT2D eigenvalue weighted by molar-refractivity contribution is 9.10. The second kappa shape index (κ2) is 5.25. The average molecular weight is 325 g/mol. The molecular formula is C15H21BrN2O. The number of halogens is 1. The standard InChI is InChI=1S/C15H21BrN2O/c1-11-7-12(9-13(16)8-11)14(19)18-6-5-17(4)15(2,3)10-18/h7-9H,5-6,10H2,1-4H3. The molecule has 0 atom stereocenters. The lowest BCUT2D eigenvalue weighted by Gasteiger charge is -2.45. The minimum Gasteiger partial charge on any atom is -0.336 e.